The second kappa shape index (κ2) is 6.42. The summed E-state index contributed by atoms with van der Waals surface area (Å²) in [6.45, 7) is -0.0354. The van der Waals surface area contributed by atoms with Gasteiger partial charge in [0.05, 0.1) is 0 Å². The molecule has 1 aromatic heterocycles. The average Bonchev–Trinajstić information content (AvgIpc) is 3.00. The zero-order valence-corrected chi connectivity index (χ0v) is 16.1. The number of aliphatic hydroxyl groups is 1. The largest absolute Gasteiger partial charge is 0.504 e. The summed E-state index contributed by atoms with van der Waals surface area (Å²) in [6, 6.07) is 15.9. The van der Waals surface area contributed by atoms with Crippen molar-refractivity contribution in [3.8, 4) is 0 Å². The summed E-state index contributed by atoms with van der Waals surface area (Å²) in [4.78, 5) is 12.6. The van der Waals surface area contributed by atoms with Gasteiger partial charge in [-0.2, -0.15) is 0 Å². The molecule has 1 aliphatic heterocycles. The van der Waals surface area contributed by atoms with Gasteiger partial charge < -0.3 is 14.4 Å². The molecule has 0 saturated carbocycles. The first-order valence-corrected chi connectivity index (χ1v) is 9.99. The monoisotopic (exact) mass is 398 g/mol. The van der Waals surface area contributed by atoms with E-state index in [-0.39, 0.29) is 17.2 Å². The van der Waals surface area contributed by atoms with E-state index in [1.165, 1.54) is 7.05 Å². The lowest BCUT2D eigenvalue weighted by atomic mass is 10.2. The minimum absolute atomic E-state index is 0.0230. The number of esters is 1. The van der Waals surface area contributed by atoms with Crippen molar-refractivity contribution < 1.29 is 23.1 Å². The number of para-hydroxylation sites is 1. The highest BCUT2D eigenvalue weighted by Crippen LogP contribution is 2.40. The van der Waals surface area contributed by atoms with E-state index in [9.17, 15) is 18.3 Å². The predicted octanol–water partition coefficient (Wildman–Crippen LogP) is 2.78. The van der Waals surface area contributed by atoms with Gasteiger partial charge in [0.2, 0.25) is 0 Å². The highest BCUT2D eigenvalue weighted by molar-refractivity contribution is 7.89. The minimum Gasteiger partial charge on any atom is -0.504 e. The second-order valence-corrected chi connectivity index (χ2v) is 8.39. The number of likely N-dealkylation sites (N-methyl/N-ethyl adjacent to an activating group) is 1. The van der Waals surface area contributed by atoms with Gasteiger partial charge in [-0.15, -0.1) is 0 Å². The zero-order chi connectivity index (χ0) is 20.1. The summed E-state index contributed by atoms with van der Waals surface area (Å²) in [6.07, 6.45) is 0. The molecule has 0 spiro atoms. The molecule has 0 atom stereocenters. The van der Waals surface area contributed by atoms with E-state index < -0.39 is 27.4 Å². The van der Waals surface area contributed by atoms with Crippen molar-refractivity contribution in [1.29, 1.82) is 0 Å². The van der Waals surface area contributed by atoms with Crippen LogP contribution >= 0.6 is 0 Å². The molecule has 2 aromatic carbocycles. The fourth-order valence-corrected chi connectivity index (χ4v) is 5.02. The molecular weight excluding hydrogens is 380 g/mol. The number of benzene rings is 2. The molecule has 0 unspecified atom stereocenters. The van der Waals surface area contributed by atoms with Crippen LogP contribution in [-0.2, 0) is 33.2 Å². The van der Waals surface area contributed by atoms with Gasteiger partial charge in [0.1, 0.15) is 17.2 Å². The number of sulfonamides is 1. The molecule has 3 aromatic rings. The maximum absolute atomic E-state index is 13.1. The van der Waals surface area contributed by atoms with Crippen molar-refractivity contribution in [3.05, 3.63) is 71.6 Å². The number of aliphatic hydroxyl groups excluding tert-OH is 1. The predicted molar refractivity (Wildman–Crippen MR) is 104 cm³/mol. The van der Waals surface area contributed by atoms with Crippen molar-refractivity contribution >= 4 is 32.7 Å². The zero-order valence-electron chi connectivity index (χ0n) is 15.3. The molecule has 7 nitrogen and oxygen atoms in total. The second-order valence-electron chi connectivity index (χ2n) is 6.49. The van der Waals surface area contributed by atoms with Crippen LogP contribution in [0.4, 0.5) is 0 Å². The first-order valence-electron chi connectivity index (χ1n) is 8.55. The number of ether oxygens (including phenoxy) is 1. The van der Waals surface area contributed by atoms with Crippen molar-refractivity contribution in [2.45, 2.75) is 11.5 Å². The molecule has 0 saturated heterocycles. The van der Waals surface area contributed by atoms with Crippen molar-refractivity contribution in [1.82, 2.24) is 8.87 Å². The van der Waals surface area contributed by atoms with Gasteiger partial charge >= 0.3 is 5.97 Å². The van der Waals surface area contributed by atoms with Crippen molar-refractivity contribution in [2.75, 3.05) is 7.05 Å². The first kappa shape index (κ1) is 18.1. The van der Waals surface area contributed by atoms with Crippen LogP contribution in [0, 0.1) is 0 Å². The van der Waals surface area contributed by atoms with Gasteiger partial charge in [-0.1, -0.05) is 48.5 Å². The molecule has 144 valence electrons. The first-order chi connectivity index (χ1) is 13.3. The maximum atomic E-state index is 13.1. The number of fused-ring (bicyclic) bond motifs is 3. The minimum atomic E-state index is -4.04. The number of aryl methyl sites for hydroxylation is 1. The summed E-state index contributed by atoms with van der Waals surface area (Å²) < 4.78 is 33.9. The van der Waals surface area contributed by atoms with Crippen LogP contribution in [0.2, 0.25) is 0 Å². The van der Waals surface area contributed by atoms with Crippen LogP contribution in [0.3, 0.4) is 0 Å². The van der Waals surface area contributed by atoms with E-state index in [0.717, 1.165) is 9.87 Å². The smallest absolute Gasteiger partial charge is 0.359 e. The van der Waals surface area contributed by atoms with Crippen LogP contribution in [0.25, 0.3) is 16.7 Å². The lowest BCUT2D eigenvalue weighted by Crippen LogP contribution is -2.36. The van der Waals surface area contributed by atoms with E-state index in [4.69, 9.17) is 4.74 Å². The van der Waals surface area contributed by atoms with Crippen molar-refractivity contribution in [3.63, 3.8) is 0 Å². The number of carbonyl (C=O) groups excluding carboxylic acids is 1. The standard InChI is InChI=1S/C20H18N2O5S/c1-21-15-11-7-6-10-14(15)19-16(21)18(23)17(22(2)28(19,25)26)20(24)27-12-13-8-4-3-5-9-13/h3-11,23H,12H2,1-2H3. The third-order valence-electron chi connectivity index (χ3n) is 4.85. The van der Waals surface area contributed by atoms with Crippen LogP contribution in [0.15, 0.2) is 65.2 Å². The Labute approximate surface area is 162 Å². The Morgan fingerprint density at radius 2 is 1.68 bits per heavy atom. The number of hydrogen-bond donors (Lipinski definition) is 1. The molecule has 1 N–H and O–H groups in total. The van der Waals surface area contributed by atoms with Gasteiger partial charge in [0.15, 0.2) is 11.5 Å². The Hall–Kier alpha value is -3.26. The molecule has 0 amide bonds. The average molecular weight is 398 g/mol. The number of rotatable bonds is 3. The molecule has 8 heteroatoms. The van der Waals surface area contributed by atoms with E-state index >= 15 is 0 Å². The third-order valence-corrected chi connectivity index (χ3v) is 6.68. The normalized spacial score (nSPS) is 15.6. The Morgan fingerprint density at radius 1 is 1.04 bits per heavy atom. The molecule has 0 aliphatic carbocycles. The Balaban J connectivity index is 1.83. The molecular formula is C20H18N2O5S. The Morgan fingerprint density at radius 3 is 2.39 bits per heavy atom. The topological polar surface area (TPSA) is 88.8 Å². The maximum Gasteiger partial charge on any atom is 0.359 e. The summed E-state index contributed by atoms with van der Waals surface area (Å²) in [5, 5.41) is 11.3. The Bertz CT molecular complexity index is 1230. The number of nitrogens with zero attached hydrogens (tertiary/aromatic N) is 2. The van der Waals surface area contributed by atoms with Crippen molar-refractivity contribution in [2.24, 2.45) is 7.05 Å². The van der Waals surface area contributed by atoms with Crippen LogP contribution < -0.4 is 0 Å². The molecule has 28 heavy (non-hydrogen) atoms. The number of carbonyl (C=O) groups is 1. The number of hydrogen-bond acceptors (Lipinski definition) is 5. The van der Waals surface area contributed by atoms with Gasteiger partial charge in [-0.3, -0.25) is 4.31 Å². The van der Waals surface area contributed by atoms with Gasteiger partial charge in [-0.05, 0) is 11.6 Å². The lowest BCUT2D eigenvalue weighted by molar-refractivity contribution is -0.141. The van der Waals surface area contributed by atoms with Crippen LogP contribution in [0.5, 0.6) is 0 Å². The van der Waals surface area contributed by atoms with Gasteiger partial charge in [-0.25, -0.2) is 13.2 Å². The quantitative estimate of drug-likeness (QED) is 0.686. The highest BCUT2D eigenvalue weighted by atomic mass is 32.2. The molecule has 0 bridgehead atoms. The highest BCUT2D eigenvalue weighted by Gasteiger charge is 2.42. The summed E-state index contributed by atoms with van der Waals surface area (Å²) in [5.74, 6) is -1.34. The number of aromatic nitrogens is 1. The SMILES string of the molecule is CN1C(C(=O)OCc2ccccc2)=C(O)c2c(c3ccccc3n2C)S1(=O)=O. The molecule has 4 rings (SSSR count). The summed E-state index contributed by atoms with van der Waals surface area (Å²) in [7, 11) is -1.17. The molecule has 1 aliphatic rings. The van der Waals surface area contributed by atoms with E-state index in [0.29, 0.717) is 10.9 Å². The van der Waals surface area contributed by atoms with E-state index in [1.807, 2.05) is 6.07 Å². The van der Waals surface area contributed by atoms with Gasteiger partial charge in [0.25, 0.3) is 10.0 Å². The van der Waals surface area contributed by atoms with E-state index in [1.54, 1.807) is 60.1 Å². The third kappa shape index (κ3) is 2.56. The van der Waals surface area contributed by atoms with Crippen LogP contribution in [-0.4, -0.2) is 35.4 Å². The van der Waals surface area contributed by atoms with E-state index in [2.05, 4.69) is 0 Å². The molecule has 0 radical (unpaired) electrons. The summed E-state index contributed by atoms with van der Waals surface area (Å²) >= 11 is 0. The van der Waals surface area contributed by atoms with Gasteiger partial charge in [0, 0.05) is 25.0 Å². The van der Waals surface area contributed by atoms with Crippen LogP contribution in [0.1, 0.15) is 11.3 Å². The fraction of sp³-hybridized carbons (Fsp3) is 0.150. The molecule has 0 fully saturated rings. The molecule has 2 heterocycles. The summed E-state index contributed by atoms with van der Waals surface area (Å²) in [5.41, 5.74) is 1.05. The lowest BCUT2D eigenvalue weighted by Gasteiger charge is -2.27. The fourth-order valence-electron chi connectivity index (χ4n) is 3.42. The Kier molecular flexibility index (Phi) is 4.15.